The van der Waals surface area contributed by atoms with Gasteiger partial charge in [-0.2, -0.15) is 13.1 Å². The first-order chi connectivity index (χ1) is 16.7. The van der Waals surface area contributed by atoms with E-state index in [4.69, 9.17) is 21.3 Å². The van der Waals surface area contributed by atoms with Crippen LogP contribution in [0.1, 0.15) is 36.5 Å². The summed E-state index contributed by atoms with van der Waals surface area (Å²) in [5, 5.41) is 15.4. The van der Waals surface area contributed by atoms with Gasteiger partial charge in [0.1, 0.15) is 17.7 Å². The fourth-order valence-corrected chi connectivity index (χ4v) is 5.63. The van der Waals surface area contributed by atoms with Gasteiger partial charge in [-0.15, -0.1) is 0 Å². The average Bonchev–Trinajstić information content (AvgIpc) is 2.94. The van der Waals surface area contributed by atoms with Gasteiger partial charge in [0, 0.05) is 38.0 Å². The number of rotatable bonds is 6. The van der Waals surface area contributed by atoms with Crippen LogP contribution in [0.3, 0.4) is 0 Å². The number of hydrogen-bond acceptors (Lipinski definition) is 5. The van der Waals surface area contributed by atoms with Gasteiger partial charge in [0.15, 0.2) is 0 Å². The monoisotopic (exact) mass is 496 g/mol. The van der Waals surface area contributed by atoms with Crippen LogP contribution in [0.2, 0.25) is 0 Å². The van der Waals surface area contributed by atoms with E-state index in [1.165, 1.54) is 4.31 Å². The van der Waals surface area contributed by atoms with E-state index in [0.29, 0.717) is 30.1 Å². The molecule has 2 aliphatic rings. The number of likely N-dealkylation sites (tertiary alicyclic amines) is 1. The molecule has 0 unspecified atom stereocenters. The molecule has 4 rings (SSSR count). The maximum absolute atomic E-state index is 12.9. The van der Waals surface area contributed by atoms with E-state index >= 15 is 0 Å². The normalized spacial score (nSPS) is 18.2. The van der Waals surface area contributed by atoms with Crippen molar-refractivity contribution in [2.24, 2.45) is 5.73 Å². The SMILES string of the molecule is CC(=N)N1CCC(Oc2ccc3c(c2)CCNS(=O)(=O)N3C/C=C/c2cccc(C(=N)N)c2)CC1. The molecule has 1 saturated heterocycles. The molecule has 0 radical (unpaired) electrons. The van der Waals surface area contributed by atoms with Crippen LogP contribution >= 0.6 is 0 Å². The molecule has 2 heterocycles. The molecular formula is C25H32N6O3S. The van der Waals surface area contributed by atoms with Gasteiger partial charge in [0.05, 0.1) is 18.1 Å². The van der Waals surface area contributed by atoms with E-state index in [9.17, 15) is 8.42 Å². The maximum atomic E-state index is 12.9. The molecule has 0 bridgehead atoms. The predicted molar refractivity (Wildman–Crippen MR) is 140 cm³/mol. The first-order valence-corrected chi connectivity index (χ1v) is 13.1. The number of nitrogens with one attached hydrogen (secondary N) is 3. The summed E-state index contributed by atoms with van der Waals surface area (Å²) in [6.07, 6.45) is 5.97. The average molecular weight is 497 g/mol. The van der Waals surface area contributed by atoms with Crippen LogP contribution in [0.5, 0.6) is 5.75 Å². The summed E-state index contributed by atoms with van der Waals surface area (Å²) in [6, 6.07) is 12.8. The van der Waals surface area contributed by atoms with Gasteiger partial charge in [-0.3, -0.25) is 15.1 Å². The lowest BCUT2D eigenvalue weighted by Crippen LogP contribution is -2.40. The number of piperidine rings is 1. The minimum absolute atomic E-state index is 0.0121. The highest BCUT2D eigenvalue weighted by Gasteiger charge is 2.27. The summed E-state index contributed by atoms with van der Waals surface area (Å²) in [6.45, 7) is 3.90. The topological polar surface area (TPSA) is 136 Å². The number of amidine groups is 2. The third-order valence-electron chi connectivity index (χ3n) is 6.29. The fourth-order valence-electron chi connectivity index (χ4n) is 4.39. The number of fused-ring (bicyclic) bond motifs is 1. The van der Waals surface area contributed by atoms with Gasteiger partial charge in [-0.05, 0) is 48.7 Å². The minimum atomic E-state index is -3.69. The van der Waals surface area contributed by atoms with Gasteiger partial charge in [-0.25, -0.2) is 0 Å². The van der Waals surface area contributed by atoms with Gasteiger partial charge in [0.2, 0.25) is 0 Å². The quantitative estimate of drug-likeness (QED) is 0.360. The van der Waals surface area contributed by atoms with E-state index in [1.807, 2.05) is 36.4 Å². The molecule has 10 heteroatoms. The van der Waals surface area contributed by atoms with Crippen molar-refractivity contribution in [3.8, 4) is 5.75 Å². The van der Waals surface area contributed by atoms with Crippen LogP contribution in [-0.2, 0) is 16.6 Å². The van der Waals surface area contributed by atoms with Crippen molar-refractivity contribution in [2.45, 2.75) is 32.3 Å². The molecule has 9 nitrogen and oxygen atoms in total. The Morgan fingerprint density at radius 3 is 2.69 bits per heavy atom. The van der Waals surface area contributed by atoms with Crippen LogP contribution in [0.4, 0.5) is 5.69 Å². The van der Waals surface area contributed by atoms with Crippen molar-refractivity contribution in [3.63, 3.8) is 0 Å². The first kappa shape index (κ1) is 24.7. The lowest BCUT2D eigenvalue weighted by molar-refractivity contribution is 0.130. The van der Waals surface area contributed by atoms with E-state index in [1.54, 1.807) is 25.1 Å². The molecule has 0 aromatic heterocycles. The number of hydrogen-bond donors (Lipinski definition) is 4. The minimum Gasteiger partial charge on any atom is -0.490 e. The van der Waals surface area contributed by atoms with Gasteiger partial charge >= 0.3 is 10.2 Å². The number of ether oxygens (including phenoxy) is 1. The van der Waals surface area contributed by atoms with Crippen molar-refractivity contribution in [1.29, 1.82) is 10.8 Å². The summed E-state index contributed by atoms with van der Waals surface area (Å²) < 4.78 is 36.1. The van der Waals surface area contributed by atoms with E-state index in [2.05, 4.69) is 9.62 Å². The highest BCUT2D eigenvalue weighted by atomic mass is 32.2. The Labute approximate surface area is 206 Å². The zero-order valence-corrected chi connectivity index (χ0v) is 20.6. The van der Waals surface area contributed by atoms with Crippen LogP contribution in [0.25, 0.3) is 6.08 Å². The fraction of sp³-hybridized carbons (Fsp3) is 0.360. The summed E-state index contributed by atoms with van der Waals surface area (Å²) in [5.74, 6) is 1.31. The Kier molecular flexibility index (Phi) is 7.42. The molecule has 5 N–H and O–H groups in total. The van der Waals surface area contributed by atoms with E-state index < -0.39 is 10.2 Å². The first-order valence-electron chi connectivity index (χ1n) is 11.7. The number of benzene rings is 2. The van der Waals surface area contributed by atoms with Crippen LogP contribution in [0.15, 0.2) is 48.5 Å². The van der Waals surface area contributed by atoms with Gasteiger partial charge in [-0.1, -0.05) is 30.4 Å². The molecule has 0 atom stereocenters. The Morgan fingerprint density at radius 1 is 1.20 bits per heavy atom. The van der Waals surface area contributed by atoms with Crippen molar-refractivity contribution in [1.82, 2.24) is 9.62 Å². The highest BCUT2D eigenvalue weighted by molar-refractivity contribution is 7.90. The van der Waals surface area contributed by atoms with E-state index in [-0.39, 0.29) is 18.5 Å². The Balaban J connectivity index is 1.50. The van der Waals surface area contributed by atoms with Crippen LogP contribution in [-0.4, -0.2) is 57.3 Å². The lowest BCUT2D eigenvalue weighted by Gasteiger charge is -2.33. The molecule has 2 aromatic rings. The lowest BCUT2D eigenvalue weighted by atomic mass is 10.1. The Hall–Kier alpha value is -3.37. The van der Waals surface area contributed by atoms with Gasteiger partial charge in [0.25, 0.3) is 0 Å². The molecule has 35 heavy (non-hydrogen) atoms. The summed E-state index contributed by atoms with van der Waals surface area (Å²) >= 11 is 0. The molecule has 1 fully saturated rings. The summed E-state index contributed by atoms with van der Waals surface area (Å²) in [4.78, 5) is 2.05. The number of nitrogen functional groups attached to an aromatic ring is 1. The Bertz CT molecular complexity index is 1240. The molecular weight excluding hydrogens is 464 g/mol. The van der Waals surface area contributed by atoms with E-state index in [0.717, 1.165) is 42.8 Å². The molecule has 0 amide bonds. The number of anilines is 1. The van der Waals surface area contributed by atoms with Crippen LogP contribution < -0.4 is 19.5 Å². The molecule has 2 aromatic carbocycles. The largest absolute Gasteiger partial charge is 0.490 e. The van der Waals surface area contributed by atoms with Crippen molar-refractivity contribution < 1.29 is 13.2 Å². The van der Waals surface area contributed by atoms with Crippen LogP contribution in [0, 0.1) is 10.8 Å². The number of nitrogens with zero attached hydrogens (tertiary/aromatic N) is 2. The molecule has 0 saturated carbocycles. The van der Waals surface area contributed by atoms with Crippen molar-refractivity contribution >= 4 is 33.6 Å². The summed E-state index contributed by atoms with van der Waals surface area (Å²) in [7, 11) is -3.69. The molecule has 0 spiro atoms. The molecule has 186 valence electrons. The summed E-state index contributed by atoms with van der Waals surface area (Å²) in [5.41, 5.74) is 8.57. The third kappa shape index (κ3) is 6.01. The van der Waals surface area contributed by atoms with Crippen molar-refractivity contribution in [2.75, 3.05) is 30.5 Å². The highest BCUT2D eigenvalue weighted by Crippen LogP contribution is 2.31. The standard InChI is InChI=1S/C25H32N6O3S/c1-18(26)30-14-10-22(11-15-30)34-23-7-8-24-20(17-23)9-12-29-35(32,33)31(24)13-3-5-19-4-2-6-21(16-19)25(27)28/h2-8,16-17,22,26,29H,9-15H2,1H3,(H3,27,28)/b5-3+,26-18?. The predicted octanol–water partition coefficient (Wildman–Crippen LogP) is 2.72. The third-order valence-corrected chi connectivity index (χ3v) is 7.78. The van der Waals surface area contributed by atoms with Gasteiger partial charge < -0.3 is 15.4 Å². The zero-order valence-electron chi connectivity index (χ0n) is 19.8. The second-order valence-electron chi connectivity index (χ2n) is 8.80. The Morgan fingerprint density at radius 2 is 1.97 bits per heavy atom. The number of nitrogens with two attached hydrogens (primary N) is 1. The second-order valence-corrected chi connectivity index (χ2v) is 10.5. The zero-order chi connectivity index (χ0) is 25.0. The smallest absolute Gasteiger partial charge is 0.301 e. The molecule has 0 aliphatic carbocycles. The van der Waals surface area contributed by atoms with Crippen molar-refractivity contribution in [3.05, 3.63) is 65.2 Å². The second kappa shape index (κ2) is 10.5. The molecule has 2 aliphatic heterocycles. The maximum Gasteiger partial charge on any atom is 0.301 e.